The summed E-state index contributed by atoms with van der Waals surface area (Å²) < 4.78 is 11.2. The number of aryl methyl sites for hydroxylation is 1. The molecular weight excluding hydrogens is 410 g/mol. The van der Waals surface area contributed by atoms with E-state index < -0.39 is 0 Å². The molecule has 5 rings (SSSR count). The van der Waals surface area contributed by atoms with E-state index >= 15 is 0 Å². The molecular formula is C23H25N5O4. The van der Waals surface area contributed by atoms with Gasteiger partial charge in [-0.25, -0.2) is 4.98 Å². The summed E-state index contributed by atoms with van der Waals surface area (Å²) in [7, 11) is 0. The maximum absolute atomic E-state index is 13.0. The zero-order valence-electron chi connectivity index (χ0n) is 18.0. The lowest BCUT2D eigenvalue weighted by atomic mass is 10.2. The quantitative estimate of drug-likeness (QED) is 0.614. The van der Waals surface area contributed by atoms with Crippen LogP contribution >= 0.6 is 0 Å². The minimum absolute atomic E-state index is 0.0784. The highest BCUT2D eigenvalue weighted by Crippen LogP contribution is 2.21. The Morgan fingerprint density at radius 2 is 1.69 bits per heavy atom. The third-order valence-corrected chi connectivity index (χ3v) is 5.86. The number of para-hydroxylation sites is 1. The number of hydrogen-bond donors (Lipinski definition) is 0. The average Bonchev–Trinajstić information content (AvgIpc) is 2.84. The monoisotopic (exact) mass is 435 g/mol. The second-order valence-corrected chi connectivity index (χ2v) is 8.02. The topological polar surface area (TPSA) is 92.0 Å². The Morgan fingerprint density at radius 3 is 2.47 bits per heavy atom. The summed E-state index contributed by atoms with van der Waals surface area (Å²) in [5, 5.41) is 0.476. The van der Waals surface area contributed by atoms with Crippen molar-refractivity contribution >= 4 is 28.6 Å². The van der Waals surface area contributed by atoms with Crippen molar-refractivity contribution in [1.82, 2.24) is 14.9 Å². The molecule has 0 bridgehead atoms. The number of hydrogen-bond acceptors (Lipinski definition) is 8. The summed E-state index contributed by atoms with van der Waals surface area (Å²) in [6.07, 6.45) is 0. The number of carbonyl (C=O) groups excluding carboxylic acids is 1. The fraction of sp³-hybridized carbons (Fsp3) is 0.391. The van der Waals surface area contributed by atoms with Gasteiger partial charge in [-0.05, 0) is 19.1 Å². The summed E-state index contributed by atoms with van der Waals surface area (Å²) in [5.41, 5.74) is 1.13. The summed E-state index contributed by atoms with van der Waals surface area (Å²) in [5.74, 6) is 1.40. The van der Waals surface area contributed by atoms with Crippen LogP contribution in [0.5, 0.6) is 0 Å². The number of rotatable bonds is 3. The first-order valence-electron chi connectivity index (χ1n) is 10.8. The Kier molecular flexibility index (Phi) is 5.48. The van der Waals surface area contributed by atoms with Crippen molar-refractivity contribution in [3.8, 4) is 0 Å². The molecule has 2 saturated heterocycles. The van der Waals surface area contributed by atoms with E-state index in [1.807, 2.05) is 13.0 Å². The number of carbonyl (C=O) groups is 1. The first-order chi connectivity index (χ1) is 15.6. The Labute approximate surface area is 185 Å². The third-order valence-electron chi connectivity index (χ3n) is 5.86. The highest BCUT2D eigenvalue weighted by Gasteiger charge is 2.26. The van der Waals surface area contributed by atoms with Crippen molar-refractivity contribution in [3.05, 3.63) is 58.1 Å². The van der Waals surface area contributed by atoms with Gasteiger partial charge in [-0.15, -0.1) is 0 Å². The molecule has 0 unspecified atom stereocenters. The van der Waals surface area contributed by atoms with E-state index in [9.17, 15) is 9.59 Å². The molecule has 0 radical (unpaired) electrons. The minimum atomic E-state index is -0.264. The maximum Gasteiger partial charge on any atom is 0.289 e. The first-order valence-corrected chi connectivity index (χ1v) is 10.8. The average molecular weight is 435 g/mol. The molecule has 2 aromatic heterocycles. The van der Waals surface area contributed by atoms with Gasteiger partial charge >= 0.3 is 0 Å². The second-order valence-electron chi connectivity index (χ2n) is 8.02. The van der Waals surface area contributed by atoms with Gasteiger partial charge in [-0.1, -0.05) is 12.1 Å². The molecule has 2 fully saturated rings. The molecule has 0 atom stereocenters. The van der Waals surface area contributed by atoms with E-state index in [4.69, 9.17) is 14.1 Å². The van der Waals surface area contributed by atoms with Crippen LogP contribution in [0.2, 0.25) is 0 Å². The van der Waals surface area contributed by atoms with Crippen molar-refractivity contribution in [2.24, 2.45) is 0 Å². The first kappa shape index (κ1) is 20.4. The van der Waals surface area contributed by atoms with Gasteiger partial charge in [0.05, 0.1) is 18.6 Å². The van der Waals surface area contributed by atoms with E-state index in [1.165, 1.54) is 6.07 Å². The Bertz CT molecular complexity index is 1200. The van der Waals surface area contributed by atoms with E-state index in [0.717, 1.165) is 30.5 Å². The Balaban J connectivity index is 1.30. The van der Waals surface area contributed by atoms with Crippen LogP contribution in [-0.2, 0) is 4.74 Å². The molecule has 9 heteroatoms. The normalized spacial score (nSPS) is 17.1. The fourth-order valence-corrected chi connectivity index (χ4v) is 4.11. The van der Waals surface area contributed by atoms with E-state index in [0.29, 0.717) is 50.4 Å². The van der Waals surface area contributed by atoms with Crippen molar-refractivity contribution in [1.29, 1.82) is 0 Å². The Hall–Kier alpha value is -3.46. The van der Waals surface area contributed by atoms with Crippen LogP contribution in [-0.4, -0.2) is 73.3 Å². The number of ether oxygens (including phenoxy) is 1. The number of piperazine rings is 1. The number of amides is 1. The van der Waals surface area contributed by atoms with Gasteiger partial charge in [0, 0.05) is 57.1 Å². The smallest absolute Gasteiger partial charge is 0.289 e. The maximum atomic E-state index is 13.0. The van der Waals surface area contributed by atoms with Crippen LogP contribution in [0, 0.1) is 6.92 Å². The predicted octanol–water partition coefficient (Wildman–Crippen LogP) is 1.69. The number of nitrogens with zero attached hydrogens (tertiary/aromatic N) is 5. The number of aromatic nitrogens is 2. The van der Waals surface area contributed by atoms with Gasteiger partial charge in [0.2, 0.25) is 5.95 Å². The second kappa shape index (κ2) is 8.58. The molecule has 32 heavy (non-hydrogen) atoms. The molecule has 166 valence electrons. The highest BCUT2D eigenvalue weighted by atomic mass is 16.5. The minimum Gasteiger partial charge on any atom is -0.451 e. The summed E-state index contributed by atoms with van der Waals surface area (Å²) >= 11 is 0. The lowest BCUT2D eigenvalue weighted by molar-refractivity contribution is 0.0715. The van der Waals surface area contributed by atoms with Gasteiger partial charge in [-0.3, -0.25) is 9.59 Å². The van der Waals surface area contributed by atoms with Gasteiger partial charge in [0.15, 0.2) is 11.2 Å². The van der Waals surface area contributed by atoms with E-state index in [1.54, 1.807) is 29.2 Å². The lowest BCUT2D eigenvalue weighted by Gasteiger charge is -2.35. The van der Waals surface area contributed by atoms with E-state index in [-0.39, 0.29) is 17.1 Å². The van der Waals surface area contributed by atoms with Gasteiger partial charge < -0.3 is 23.9 Å². The number of fused-ring (bicyclic) bond motifs is 1. The molecule has 0 N–H and O–H groups in total. The fourth-order valence-electron chi connectivity index (χ4n) is 4.11. The summed E-state index contributed by atoms with van der Waals surface area (Å²) in [6.45, 7) is 7.21. The molecule has 0 spiro atoms. The van der Waals surface area contributed by atoms with Crippen molar-refractivity contribution in [2.75, 3.05) is 62.3 Å². The van der Waals surface area contributed by atoms with Gasteiger partial charge in [0.25, 0.3) is 5.91 Å². The number of morpholine rings is 1. The van der Waals surface area contributed by atoms with Crippen LogP contribution in [0.4, 0.5) is 11.8 Å². The predicted molar refractivity (Wildman–Crippen MR) is 120 cm³/mol. The van der Waals surface area contributed by atoms with Crippen LogP contribution in [0.1, 0.15) is 16.2 Å². The molecule has 2 aliphatic heterocycles. The van der Waals surface area contributed by atoms with E-state index in [2.05, 4.69) is 14.8 Å². The highest BCUT2D eigenvalue weighted by molar-refractivity contribution is 5.93. The summed E-state index contributed by atoms with van der Waals surface area (Å²) in [4.78, 5) is 40.7. The van der Waals surface area contributed by atoms with Crippen molar-refractivity contribution in [2.45, 2.75) is 6.92 Å². The lowest BCUT2D eigenvalue weighted by Crippen LogP contribution is -2.49. The number of anilines is 2. The summed E-state index contributed by atoms with van der Waals surface area (Å²) in [6, 6.07) is 10.2. The molecule has 4 heterocycles. The zero-order valence-corrected chi connectivity index (χ0v) is 18.0. The largest absolute Gasteiger partial charge is 0.451 e. The van der Waals surface area contributed by atoms with Crippen LogP contribution in [0.25, 0.3) is 11.0 Å². The SMILES string of the molecule is Cc1cc(N2CCN(C(=O)c3cc(=O)c4ccccc4o3)CC2)nc(N2CCOCC2)n1. The molecule has 1 amide bonds. The standard InChI is InChI=1S/C23H25N5O4/c1-16-14-21(25-23(24-16)28-10-12-31-13-11-28)26-6-8-27(9-7-26)22(30)20-15-18(29)17-4-2-3-5-19(17)32-20/h2-5,14-15H,6-13H2,1H3. The molecule has 9 nitrogen and oxygen atoms in total. The Morgan fingerprint density at radius 1 is 0.938 bits per heavy atom. The van der Waals surface area contributed by atoms with Crippen LogP contribution in [0.15, 0.2) is 45.6 Å². The molecule has 0 aliphatic carbocycles. The van der Waals surface area contributed by atoms with Crippen LogP contribution in [0.3, 0.4) is 0 Å². The van der Waals surface area contributed by atoms with Gasteiger partial charge in [0.1, 0.15) is 11.4 Å². The molecule has 2 aliphatic rings. The zero-order chi connectivity index (χ0) is 22.1. The molecule has 0 saturated carbocycles. The van der Waals surface area contributed by atoms with Crippen molar-refractivity contribution < 1.29 is 13.9 Å². The molecule has 1 aromatic carbocycles. The number of benzene rings is 1. The third kappa shape index (κ3) is 4.03. The van der Waals surface area contributed by atoms with Gasteiger partial charge in [-0.2, -0.15) is 4.98 Å². The van der Waals surface area contributed by atoms with Crippen LogP contribution < -0.4 is 15.2 Å². The molecule has 3 aromatic rings. The van der Waals surface area contributed by atoms with Crippen molar-refractivity contribution in [3.63, 3.8) is 0 Å².